The third-order valence-corrected chi connectivity index (χ3v) is 5.40. The van der Waals surface area contributed by atoms with Gasteiger partial charge in [0.25, 0.3) is 6.43 Å². The number of ether oxygens (including phenoxy) is 1. The Morgan fingerprint density at radius 2 is 1.94 bits per heavy atom. The van der Waals surface area contributed by atoms with Gasteiger partial charge in [0.1, 0.15) is 11.9 Å². The van der Waals surface area contributed by atoms with Crippen LogP contribution in [0.4, 0.5) is 33.7 Å². The highest BCUT2D eigenvalue weighted by Gasteiger charge is 2.33. The van der Waals surface area contributed by atoms with Crippen molar-refractivity contribution < 1.29 is 41.5 Å². The van der Waals surface area contributed by atoms with Gasteiger partial charge in [-0.2, -0.15) is 0 Å². The fourth-order valence-corrected chi connectivity index (χ4v) is 3.64. The van der Waals surface area contributed by atoms with Crippen LogP contribution in [-0.2, 0) is 19.2 Å². The quantitative estimate of drug-likeness (QED) is 0.511. The number of halogens is 4. The molecule has 2 aliphatic heterocycles. The van der Waals surface area contributed by atoms with Crippen molar-refractivity contribution in [1.82, 2.24) is 5.06 Å². The third-order valence-electron chi connectivity index (χ3n) is 5.40. The number of anilines is 2. The molecule has 0 bridgehead atoms. The van der Waals surface area contributed by atoms with Crippen LogP contribution in [0.15, 0.2) is 18.2 Å². The molecule has 0 spiro atoms. The van der Waals surface area contributed by atoms with Crippen LogP contribution in [0.5, 0.6) is 0 Å². The summed E-state index contributed by atoms with van der Waals surface area (Å²) in [6.45, 7) is 0.354. The Bertz CT molecular complexity index is 872. The van der Waals surface area contributed by atoms with Crippen molar-refractivity contribution in [3.63, 3.8) is 0 Å². The fraction of sp³-hybridized carbons (Fsp3) is 0.571. The van der Waals surface area contributed by atoms with Gasteiger partial charge in [-0.3, -0.25) is 23.7 Å². The van der Waals surface area contributed by atoms with Crippen LogP contribution in [0.25, 0.3) is 0 Å². The number of rotatable bonds is 9. The van der Waals surface area contributed by atoms with Crippen LogP contribution in [0.2, 0.25) is 0 Å². The van der Waals surface area contributed by atoms with E-state index in [1.165, 1.54) is 28.2 Å². The zero-order chi connectivity index (χ0) is 24.0. The van der Waals surface area contributed by atoms with E-state index in [0.717, 1.165) is 0 Å². The minimum absolute atomic E-state index is 0.0155. The van der Waals surface area contributed by atoms with E-state index >= 15 is 0 Å². The van der Waals surface area contributed by atoms with E-state index in [1.54, 1.807) is 4.90 Å². The van der Waals surface area contributed by atoms with Crippen molar-refractivity contribution in [2.45, 2.75) is 38.2 Å². The van der Waals surface area contributed by atoms with Crippen molar-refractivity contribution in [3.8, 4) is 0 Å². The monoisotopic (exact) mass is 475 g/mol. The maximum Gasteiger partial charge on any atom is 0.414 e. The predicted octanol–water partition coefficient (Wildman–Crippen LogP) is 3.10. The Kier molecular flexibility index (Phi) is 8.48. The molecule has 2 saturated heterocycles. The van der Waals surface area contributed by atoms with Crippen molar-refractivity contribution in [1.29, 1.82) is 0 Å². The van der Waals surface area contributed by atoms with Gasteiger partial charge in [-0.25, -0.2) is 23.0 Å². The number of carbonyl (C=O) groups excluding carboxylic acids is 3. The molecule has 0 aromatic heterocycles. The van der Waals surface area contributed by atoms with Crippen LogP contribution < -0.4 is 9.80 Å². The fourth-order valence-electron chi connectivity index (χ4n) is 3.64. The molecular formula is C21H25F4N3O5. The molecule has 0 radical (unpaired) electrons. The van der Waals surface area contributed by atoms with Gasteiger partial charge in [0.15, 0.2) is 5.78 Å². The van der Waals surface area contributed by atoms with Gasteiger partial charge in [-0.1, -0.05) is 0 Å². The molecule has 0 N–H and O–H groups in total. The molecule has 2 aliphatic rings. The number of hydrogen-bond acceptors (Lipinski definition) is 6. The van der Waals surface area contributed by atoms with E-state index in [1.807, 2.05) is 0 Å². The average molecular weight is 475 g/mol. The van der Waals surface area contributed by atoms with Gasteiger partial charge in [0.05, 0.1) is 37.7 Å². The molecule has 0 unspecified atom stereocenters. The lowest BCUT2D eigenvalue weighted by Crippen LogP contribution is -2.34. The Hall–Kier alpha value is -2.89. The highest BCUT2D eigenvalue weighted by atomic mass is 19.3. The summed E-state index contributed by atoms with van der Waals surface area (Å²) in [6.07, 6.45) is -4.87. The second-order valence-corrected chi connectivity index (χ2v) is 7.67. The number of hydrogen-bond donors (Lipinski definition) is 0. The highest BCUT2D eigenvalue weighted by Crippen LogP contribution is 2.29. The average Bonchev–Trinajstić information content (AvgIpc) is 2.99. The van der Waals surface area contributed by atoms with Gasteiger partial charge < -0.3 is 9.64 Å². The summed E-state index contributed by atoms with van der Waals surface area (Å²) >= 11 is 0. The summed E-state index contributed by atoms with van der Waals surface area (Å²) in [7, 11) is 0. The molecule has 8 nitrogen and oxygen atoms in total. The first-order chi connectivity index (χ1) is 15.8. The number of Topliss-reactive ketones (excluding diaryl/α,β-unsaturated/α-hetero) is 1. The second-order valence-electron chi connectivity index (χ2n) is 7.67. The third kappa shape index (κ3) is 6.34. The van der Waals surface area contributed by atoms with Crippen LogP contribution in [-0.4, -0.2) is 74.8 Å². The zero-order valence-corrected chi connectivity index (χ0v) is 17.9. The Labute approximate surface area is 188 Å². The first-order valence-corrected chi connectivity index (χ1v) is 10.6. The molecule has 2 amide bonds. The molecule has 1 atom stereocenters. The van der Waals surface area contributed by atoms with Crippen molar-refractivity contribution in [3.05, 3.63) is 24.0 Å². The van der Waals surface area contributed by atoms with E-state index in [0.29, 0.717) is 13.1 Å². The minimum Gasteiger partial charge on any atom is -0.444 e. The van der Waals surface area contributed by atoms with E-state index < -0.39 is 43.3 Å². The molecule has 3 rings (SSSR count). The molecule has 1 aromatic carbocycles. The summed E-state index contributed by atoms with van der Waals surface area (Å²) in [6, 6.07) is 4.19. The molecule has 12 heteroatoms. The van der Waals surface area contributed by atoms with Crippen molar-refractivity contribution >= 4 is 29.2 Å². The van der Waals surface area contributed by atoms with Crippen molar-refractivity contribution in [2.75, 3.05) is 49.3 Å². The maximum atomic E-state index is 14.9. The maximum absolute atomic E-state index is 14.9. The number of nitrogens with zero attached hydrogens (tertiary/aromatic N) is 3. The molecule has 2 heterocycles. The lowest BCUT2D eigenvalue weighted by atomic mass is 10.1. The number of alkyl halides is 3. The first-order valence-electron chi connectivity index (χ1n) is 10.6. The Morgan fingerprint density at radius 3 is 2.64 bits per heavy atom. The Morgan fingerprint density at radius 1 is 1.15 bits per heavy atom. The standard InChI is InChI=1S/C21H25F4N3O5/c22-7-1-2-19(30)28-9-8-26(10-11-32-28)17-5-3-14(12-16(17)23)27-13-15(33-21(27)31)4-6-18(29)20(24)25/h3,5,12,15,20H,1-2,4,6-11,13H2/t15-/m0/s1. The zero-order valence-electron chi connectivity index (χ0n) is 17.9. The first kappa shape index (κ1) is 24.7. The predicted molar refractivity (Wildman–Crippen MR) is 109 cm³/mol. The molecule has 0 saturated carbocycles. The van der Waals surface area contributed by atoms with Gasteiger partial charge in [-0.15, -0.1) is 0 Å². The lowest BCUT2D eigenvalue weighted by molar-refractivity contribution is -0.182. The van der Waals surface area contributed by atoms with E-state index in [4.69, 9.17) is 9.57 Å². The molecule has 0 aliphatic carbocycles. The topological polar surface area (TPSA) is 79.4 Å². The van der Waals surface area contributed by atoms with Gasteiger partial charge in [0, 0.05) is 25.9 Å². The van der Waals surface area contributed by atoms with Gasteiger partial charge in [-0.05, 0) is 31.0 Å². The molecule has 2 fully saturated rings. The largest absolute Gasteiger partial charge is 0.444 e. The number of carbonyl (C=O) groups is 3. The molecular weight excluding hydrogens is 450 g/mol. The lowest BCUT2D eigenvalue weighted by Gasteiger charge is -2.24. The van der Waals surface area contributed by atoms with E-state index in [9.17, 15) is 31.9 Å². The second kappa shape index (κ2) is 11.3. The Balaban J connectivity index is 1.60. The van der Waals surface area contributed by atoms with Crippen LogP contribution in [0.3, 0.4) is 0 Å². The van der Waals surface area contributed by atoms with Crippen LogP contribution in [0.1, 0.15) is 25.7 Å². The highest BCUT2D eigenvalue weighted by molar-refractivity contribution is 5.90. The van der Waals surface area contributed by atoms with Crippen LogP contribution in [0, 0.1) is 5.82 Å². The summed E-state index contributed by atoms with van der Waals surface area (Å²) in [4.78, 5) is 43.5. The number of amides is 2. The van der Waals surface area contributed by atoms with Gasteiger partial charge in [0.2, 0.25) is 5.91 Å². The normalized spacial score (nSPS) is 19.1. The molecule has 1 aromatic rings. The summed E-state index contributed by atoms with van der Waals surface area (Å²) in [5, 5.41) is 1.17. The van der Waals surface area contributed by atoms with Crippen molar-refractivity contribution in [2.24, 2.45) is 0 Å². The van der Waals surface area contributed by atoms with Crippen LogP contribution >= 0.6 is 0 Å². The number of ketones is 1. The van der Waals surface area contributed by atoms with Gasteiger partial charge >= 0.3 is 6.09 Å². The summed E-state index contributed by atoms with van der Waals surface area (Å²) < 4.78 is 57.0. The molecule has 182 valence electrons. The SMILES string of the molecule is O=C(CC[C@H]1CN(c2ccc(N3CCON(C(=O)CCCF)CC3)c(F)c2)C(=O)O1)C(F)F. The molecule has 33 heavy (non-hydrogen) atoms. The number of hydroxylamine groups is 2. The number of benzene rings is 1. The summed E-state index contributed by atoms with van der Waals surface area (Å²) in [5.41, 5.74) is 0.491. The smallest absolute Gasteiger partial charge is 0.414 e. The van der Waals surface area contributed by atoms with E-state index in [-0.39, 0.29) is 56.2 Å². The minimum atomic E-state index is -3.07. The van der Waals surface area contributed by atoms with E-state index in [2.05, 4.69) is 0 Å². The number of cyclic esters (lactones) is 1. The summed E-state index contributed by atoms with van der Waals surface area (Å²) in [5.74, 6) is -2.15.